The van der Waals surface area contributed by atoms with Gasteiger partial charge >= 0.3 is 0 Å². The molecule has 0 fully saturated rings. The van der Waals surface area contributed by atoms with Crippen molar-refractivity contribution in [3.8, 4) is 11.5 Å². The van der Waals surface area contributed by atoms with Gasteiger partial charge in [0.25, 0.3) is 5.91 Å². The van der Waals surface area contributed by atoms with Gasteiger partial charge in [-0.1, -0.05) is 31.2 Å². The van der Waals surface area contributed by atoms with E-state index in [0.29, 0.717) is 18.8 Å². The van der Waals surface area contributed by atoms with E-state index in [1.54, 1.807) is 6.07 Å². The number of carbonyl (C=O) groups excluding carboxylic acids is 1. The molecule has 0 aromatic heterocycles. The predicted octanol–water partition coefficient (Wildman–Crippen LogP) is 6.10. The van der Waals surface area contributed by atoms with E-state index in [1.165, 1.54) is 11.1 Å². The molecule has 0 aliphatic carbocycles. The zero-order valence-electron chi connectivity index (χ0n) is 18.1. The van der Waals surface area contributed by atoms with Crippen LogP contribution in [-0.2, 0) is 13.0 Å². The minimum Gasteiger partial charge on any atom is -0.493 e. The maximum atomic E-state index is 12.9. The van der Waals surface area contributed by atoms with Gasteiger partial charge in [-0.2, -0.15) is 0 Å². The largest absolute Gasteiger partial charge is 0.493 e. The SMILES string of the molecule is CCOc1ccc(C(=O)Nc2ccccc2CC)cc1COc1ccc(C)c(C)c1. The van der Waals surface area contributed by atoms with Crippen LogP contribution in [0.25, 0.3) is 0 Å². The van der Waals surface area contributed by atoms with Crippen LogP contribution in [-0.4, -0.2) is 12.5 Å². The van der Waals surface area contributed by atoms with Crippen molar-refractivity contribution in [2.75, 3.05) is 11.9 Å². The second kappa shape index (κ2) is 9.97. The van der Waals surface area contributed by atoms with Crippen LogP contribution in [0.15, 0.2) is 60.7 Å². The van der Waals surface area contributed by atoms with Crippen LogP contribution in [0.1, 0.15) is 46.5 Å². The van der Waals surface area contributed by atoms with Gasteiger partial charge in [0.15, 0.2) is 0 Å². The predicted molar refractivity (Wildman–Crippen MR) is 122 cm³/mol. The minimum absolute atomic E-state index is 0.147. The Hall–Kier alpha value is -3.27. The van der Waals surface area contributed by atoms with Crippen molar-refractivity contribution in [2.24, 2.45) is 0 Å². The summed E-state index contributed by atoms with van der Waals surface area (Å²) < 4.78 is 11.7. The van der Waals surface area contributed by atoms with E-state index in [1.807, 2.05) is 61.5 Å². The molecule has 0 aliphatic rings. The summed E-state index contributed by atoms with van der Waals surface area (Å²) in [6.45, 7) is 9.02. The van der Waals surface area contributed by atoms with E-state index >= 15 is 0 Å². The Labute approximate surface area is 178 Å². The second-order valence-corrected chi connectivity index (χ2v) is 7.26. The molecule has 156 valence electrons. The molecule has 0 radical (unpaired) electrons. The van der Waals surface area contributed by atoms with Crippen LogP contribution in [0.3, 0.4) is 0 Å². The molecule has 3 rings (SSSR count). The third-order valence-corrected chi connectivity index (χ3v) is 5.14. The van der Waals surface area contributed by atoms with Gasteiger partial charge in [0.2, 0.25) is 0 Å². The second-order valence-electron chi connectivity index (χ2n) is 7.26. The molecule has 30 heavy (non-hydrogen) atoms. The highest BCUT2D eigenvalue weighted by atomic mass is 16.5. The summed E-state index contributed by atoms with van der Waals surface area (Å²) in [5, 5.41) is 3.02. The molecule has 1 N–H and O–H groups in total. The van der Waals surface area contributed by atoms with E-state index < -0.39 is 0 Å². The zero-order valence-corrected chi connectivity index (χ0v) is 18.1. The fourth-order valence-corrected chi connectivity index (χ4v) is 3.24. The fourth-order valence-electron chi connectivity index (χ4n) is 3.24. The Bertz CT molecular complexity index is 1030. The molecule has 4 nitrogen and oxygen atoms in total. The molecule has 0 unspecified atom stereocenters. The summed E-state index contributed by atoms with van der Waals surface area (Å²) >= 11 is 0. The number of hydrogen-bond acceptors (Lipinski definition) is 3. The standard InChI is InChI=1S/C26H29NO3/c1-5-20-9-7-8-10-24(20)27-26(28)21-12-14-25(29-6-2)22(16-21)17-30-23-13-11-18(3)19(4)15-23/h7-16H,5-6,17H2,1-4H3,(H,27,28). The van der Waals surface area contributed by atoms with Crippen molar-refractivity contribution >= 4 is 11.6 Å². The van der Waals surface area contributed by atoms with Crippen molar-refractivity contribution in [1.29, 1.82) is 0 Å². The Kier molecular flexibility index (Phi) is 7.12. The lowest BCUT2D eigenvalue weighted by molar-refractivity contribution is 0.102. The van der Waals surface area contributed by atoms with E-state index in [9.17, 15) is 4.79 Å². The highest BCUT2D eigenvalue weighted by Crippen LogP contribution is 2.25. The summed E-state index contributed by atoms with van der Waals surface area (Å²) in [4.78, 5) is 12.9. The van der Waals surface area contributed by atoms with Crippen LogP contribution in [0, 0.1) is 13.8 Å². The molecule has 1 amide bonds. The maximum absolute atomic E-state index is 12.9. The number of aryl methyl sites for hydroxylation is 3. The van der Waals surface area contributed by atoms with Crippen LogP contribution in [0.4, 0.5) is 5.69 Å². The molecule has 0 bridgehead atoms. The third kappa shape index (κ3) is 5.20. The number of amides is 1. The highest BCUT2D eigenvalue weighted by Gasteiger charge is 2.13. The van der Waals surface area contributed by atoms with Gasteiger partial charge < -0.3 is 14.8 Å². The molecule has 0 aliphatic heterocycles. The Morgan fingerprint density at radius 2 is 1.67 bits per heavy atom. The van der Waals surface area contributed by atoms with Crippen molar-refractivity contribution in [1.82, 2.24) is 0 Å². The number of rotatable bonds is 8. The molecule has 0 saturated carbocycles. The smallest absolute Gasteiger partial charge is 0.255 e. The summed E-state index contributed by atoms with van der Waals surface area (Å²) in [5.41, 5.74) is 5.76. The van der Waals surface area contributed by atoms with Gasteiger partial charge in [-0.05, 0) is 80.3 Å². The first-order chi connectivity index (χ1) is 14.5. The van der Waals surface area contributed by atoms with Crippen LogP contribution < -0.4 is 14.8 Å². The average molecular weight is 404 g/mol. The monoisotopic (exact) mass is 403 g/mol. The molecule has 0 spiro atoms. The van der Waals surface area contributed by atoms with Crippen molar-refractivity contribution in [3.05, 3.63) is 88.5 Å². The fraction of sp³-hybridized carbons (Fsp3) is 0.269. The first kappa shape index (κ1) is 21.4. The van der Waals surface area contributed by atoms with Crippen LogP contribution in [0.2, 0.25) is 0 Å². The van der Waals surface area contributed by atoms with E-state index in [0.717, 1.165) is 34.7 Å². The van der Waals surface area contributed by atoms with Crippen molar-refractivity contribution < 1.29 is 14.3 Å². The van der Waals surface area contributed by atoms with Gasteiger partial charge in [-0.3, -0.25) is 4.79 Å². The van der Waals surface area contributed by atoms with Gasteiger partial charge in [0.1, 0.15) is 18.1 Å². The molecule has 0 saturated heterocycles. The zero-order chi connectivity index (χ0) is 21.5. The lowest BCUT2D eigenvalue weighted by atomic mass is 10.1. The summed E-state index contributed by atoms with van der Waals surface area (Å²) in [6, 6.07) is 19.3. The summed E-state index contributed by atoms with van der Waals surface area (Å²) in [5.74, 6) is 1.38. The maximum Gasteiger partial charge on any atom is 0.255 e. The van der Waals surface area contributed by atoms with Gasteiger partial charge in [0, 0.05) is 16.8 Å². The summed E-state index contributed by atoms with van der Waals surface area (Å²) in [7, 11) is 0. The molecule has 4 heteroatoms. The Balaban J connectivity index is 1.80. The number of carbonyl (C=O) groups is 1. The topological polar surface area (TPSA) is 47.6 Å². The quantitative estimate of drug-likeness (QED) is 0.495. The Morgan fingerprint density at radius 3 is 2.40 bits per heavy atom. The number of nitrogens with one attached hydrogen (secondary N) is 1. The van der Waals surface area contributed by atoms with Crippen LogP contribution in [0.5, 0.6) is 11.5 Å². The van der Waals surface area contributed by atoms with Crippen molar-refractivity contribution in [3.63, 3.8) is 0 Å². The minimum atomic E-state index is -0.147. The molecule has 3 aromatic rings. The number of hydrogen-bond donors (Lipinski definition) is 1. The average Bonchev–Trinajstić information content (AvgIpc) is 2.76. The molecule has 3 aromatic carbocycles. The molecule has 0 atom stereocenters. The highest BCUT2D eigenvalue weighted by molar-refractivity contribution is 6.04. The molecular weight excluding hydrogens is 374 g/mol. The summed E-state index contributed by atoms with van der Waals surface area (Å²) in [6.07, 6.45) is 0.856. The number of ether oxygens (including phenoxy) is 2. The van der Waals surface area contributed by atoms with Crippen LogP contribution >= 0.6 is 0 Å². The Morgan fingerprint density at radius 1 is 0.867 bits per heavy atom. The molecule has 0 heterocycles. The third-order valence-electron chi connectivity index (χ3n) is 5.14. The lowest BCUT2D eigenvalue weighted by Gasteiger charge is -2.15. The van der Waals surface area contributed by atoms with E-state index in [-0.39, 0.29) is 5.91 Å². The normalized spacial score (nSPS) is 10.5. The van der Waals surface area contributed by atoms with Gasteiger partial charge in [0.05, 0.1) is 6.61 Å². The first-order valence-electron chi connectivity index (χ1n) is 10.4. The number of para-hydroxylation sites is 1. The van der Waals surface area contributed by atoms with Crippen molar-refractivity contribution in [2.45, 2.75) is 40.7 Å². The van der Waals surface area contributed by atoms with E-state index in [2.05, 4.69) is 26.1 Å². The number of anilines is 1. The number of benzene rings is 3. The van der Waals surface area contributed by atoms with Gasteiger partial charge in [-0.15, -0.1) is 0 Å². The van der Waals surface area contributed by atoms with Gasteiger partial charge in [-0.25, -0.2) is 0 Å². The molecular formula is C26H29NO3. The lowest BCUT2D eigenvalue weighted by Crippen LogP contribution is -2.14. The first-order valence-corrected chi connectivity index (χ1v) is 10.4. The van der Waals surface area contributed by atoms with E-state index in [4.69, 9.17) is 9.47 Å².